The molecule has 0 spiro atoms. The Hall–Kier alpha value is -0.870. The number of nitrogens with one attached hydrogen (secondary N) is 1. The van der Waals surface area contributed by atoms with E-state index in [-0.39, 0.29) is 6.61 Å². The molecule has 1 aromatic heterocycles. The van der Waals surface area contributed by atoms with E-state index in [2.05, 4.69) is 37.4 Å². The van der Waals surface area contributed by atoms with Crippen molar-refractivity contribution < 1.29 is 5.11 Å². The third-order valence-corrected chi connectivity index (χ3v) is 2.75. The predicted octanol–water partition coefficient (Wildman–Crippen LogP) is 1.71. The summed E-state index contributed by atoms with van der Waals surface area (Å²) in [5.74, 6) is 0. The quantitative estimate of drug-likeness (QED) is 0.743. The fourth-order valence-corrected chi connectivity index (χ4v) is 1.62. The summed E-state index contributed by atoms with van der Waals surface area (Å²) in [6, 6.07) is 0.806. The summed E-state index contributed by atoms with van der Waals surface area (Å²) in [6.07, 6.45) is 5.83. The summed E-state index contributed by atoms with van der Waals surface area (Å²) in [6.45, 7) is 7.43. The largest absolute Gasteiger partial charge is 0.396 e. The maximum Gasteiger partial charge on any atom is 0.0534 e. The minimum Gasteiger partial charge on any atom is -0.396 e. The van der Waals surface area contributed by atoms with Crippen molar-refractivity contribution in [2.45, 2.75) is 52.2 Å². The molecule has 0 aromatic carbocycles. The fraction of sp³-hybridized carbons (Fsp3) is 0.750. The third kappa shape index (κ3) is 3.94. The van der Waals surface area contributed by atoms with Gasteiger partial charge in [-0.15, -0.1) is 0 Å². The van der Waals surface area contributed by atoms with Crippen LogP contribution in [0.2, 0.25) is 0 Å². The Kier molecular flexibility index (Phi) is 5.49. The topological polar surface area (TPSA) is 50.1 Å². The first-order valence-electron chi connectivity index (χ1n) is 6.04. The molecule has 0 bridgehead atoms. The van der Waals surface area contributed by atoms with Crippen LogP contribution in [-0.4, -0.2) is 27.5 Å². The van der Waals surface area contributed by atoms with E-state index >= 15 is 0 Å². The molecule has 0 fully saturated rings. The highest BCUT2D eigenvalue weighted by molar-refractivity contribution is 5.04. The van der Waals surface area contributed by atoms with Gasteiger partial charge in [0.15, 0.2) is 0 Å². The van der Waals surface area contributed by atoms with Crippen molar-refractivity contribution in [3.63, 3.8) is 0 Å². The van der Waals surface area contributed by atoms with Gasteiger partial charge in [-0.2, -0.15) is 5.10 Å². The van der Waals surface area contributed by atoms with E-state index in [1.807, 2.05) is 10.9 Å². The first-order valence-corrected chi connectivity index (χ1v) is 6.04. The Bertz CT molecular complexity index is 296. The average Bonchev–Trinajstić information content (AvgIpc) is 2.73. The number of hydrogen-bond acceptors (Lipinski definition) is 3. The van der Waals surface area contributed by atoms with E-state index in [4.69, 9.17) is 5.11 Å². The minimum absolute atomic E-state index is 0.247. The maximum atomic E-state index is 8.89. The van der Waals surface area contributed by atoms with Crippen LogP contribution < -0.4 is 5.32 Å². The van der Waals surface area contributed by atoms with E-state index in [0.29, 0.717) is 12.1 Å². The Morgan fingerprint density at radius 3 is 2.75 bits per heavy atom. The molecular weight excluding hydrogens is 202 g/mol. The lowest BCUT2D eigenvalue weighted by molar-refractivity contribution is 0.262. The normalized spacial score (nSPS) is 13.3. The highest BCUT2D eigenvalue weighted by Gasteiger charge is 2.06. The van der Waals surface area contributed by atoms with Gasteiger partial charge in [-0.3, -0.25) is 4.68 Å². The highest BCUT2D eigenvalue weighted by Crippen LogP contribution is 2.06. The van der Waals surface area contributed by atoms with Crippen molar-refractivity contribution in [3.05, 3.63) is 18.0 Å². The molecule has 1 rings (SSSR count). The first-order chi connectivity index (χ1) is 7.67. The number of aromatic nitrogens is 2. The van der Waals surface area contributed by atoms with Crippen LogP contribution in [0.3, 0.4) is 0 Å². The second-order valence-corrected chi connectivity index (χ2v) is 4.42. The van der Waals surface area contributed by atoms with Gasteiger partial charge < -0.3 is 10.4 Å². The SMILES string of the molecule is CCC(CCO)NCc1cnn(C(C)C)c1. The van der Waals surface area contributed by atoms with Gasteiger partial charge in [-0.25, -0.2) is 0 Å². The molecule has 1 atom stereocenters. The first kappa shape index (κ1) is 13.2. The Morgan fingerprint density at radius 1 is 1.50 bits per heavy atom. The molecule has 92 valence electrons. The van der Waals surface area contributed by atoms with Gasteiger partial charge in [0.1, 0.15) is 0 Å². The van der Waals surface area contributed by atoms with Crippen LogP contribution in [0, 0.1) is 0 Å². The van der Waals surface area contributed by atoms with E-state index in [1.54, 1.807) is 0 Å². The van der Waals surface area contributed by atoms with Crippen molar-refractivity contribution >= 4 is 0 Å². The van der Waals surface area contributed by atoms with Gasteiger partial charge in [0.25, 0.3) is 0 Å². The van der Waals surface area contributed by atoms with E-state index < -0.39 is 0 Å². The lowest BCUT2D eigenvalue weighted by Crippen LogP contribution is -2.28. The van der Waals surface area contributed by atoms with E-state index in [1.165, 1.54) is 5.56 Å². The highest BCUT2D eigenvalue weighted by atomic mass is 16.3. The Balaban J connectivity index is 2.41. The number of rotatable bonds is 7. The van der Waals surface area contributed by atoms with Gasteiger partial charge in [0.2, 0.25) is 0 Å². The number of aliphatic hydroxyl groups excluding tert-OH is 1. The molecule has 1 aromatic rings. The zero-order chi connectivity index (χ0) is 12.0. The number of aliphatic hydroxyl groups is 1. The monoisotopic (exact) mass is 225 g/mol. The smallest absolute Gasteiger partial charge is 0.0534 e. The summed E-state index contributed by atoms with van der Waals surface area (Å²) in [5, 5.41) is 16.6. The lowest BCUT2D eigenvalue weighted by atomic mass is 10.1. The fourth-order valence-electron chi connectivity index (χ4n) is 1.62. The van der Waals surface area contributed by atoms with Crippen molar-refractivity contribution in [3.8, 4) is 0 Å². The third-order valence-electron chi connectivity index (χ3n) is 2.75. The van der Waals surface area contributed by atoms with Gasteiger partial charge in [-0.1, -0.05) is 6.92 Å². The standard InChI is InChI=1S/C12H23N3O/c1-4-12(5-6-16)13-7-11-8-14-15(9-11)10(2)3/h8-10,12-13,16H,4-7H2,1-3H3. The summed E-state index contributed by atoms with van der Waals surface area (Å²) >= 11 is 0. The molecule has 16 heavy (non-hydrogen) atoms. The predicted molar refractivity (Wildman–Crippen MR) is 65.2 cm³/mol. The molecule has 2 N–H and O–H groups in total. The van der Waals surface area contributed by atoms with Crippen molar-refractivity contribution in [1.29, 1.82) is 0 Å². The minimum atomic E-state index is 0.247. The average molecular weight is 225 g/mol. The van der Waals surface area contributed by atoms with Gasteiger partial charge in [0.05, 0.1) is 6.20 Å². The molecule has 0 aliphatic heterocycles. The van der Waals surface area contributed by atoms with Crippen molar-refractivity contribution in [2.75, 3.05) is 6.61 Å². The molecule has 0 amide bonds. The molecule has 0 saturated carbocycles. The number of hydrogen-bond donors (Lipinski definition) is 2. The summed E-state index contributed by atoms with van der Waals surface area (Å²) in [5.41, 5.74) is 1.20. The zero-order valence-electron chi connectivity index (χ0n) is 10.5. The van der Waals surface area contributed by atoms with Crippen LogP contribution in [0.4, 0.5) is 0 Å². The Morgan fingerprint density at radius 2 is 2.25 bits per heavy atom. The zero-order valence-corrected chi connectivity index (χ0v) is 10.5. The molecule has 0 aliphatic rings. The van der Waals surface area contributed by atoms with Crippen LogP contribution >= 0.6 is 0 Å². The molecule has 4 heteroatoms. The van der Waals surface area contributed by atoms with Crippen LogP contribution in [0.5, 0.6) is 0 Å². The molecule has 1 unspecified atom stereocenters. The molecule has 0 radical (unpaired) electrons. The number of nitrogens with zero attached hydrogens (tertiary/aromatic N) is 2. The van der Waals surface area contributed by atoms with Crippen LogP contribution in [0.25, 0.3) is 0 Å². The lowest BCUT2D eigenvalue weighted by Gasteiger charge is -2.14. The summed E-state index contributed by atoms with van der Waals surface area (Å²) in [7, 11) is 0. The molecule has 0 saturated heterocycles. The van der Waals surface area contributed by atoms with E-state index in [9.17, 15) is 0 Å². The molecule has 4 nitrogen and oxygen atoms in total. The van der Waals surface area contributed by atoms with Crippen LogP contribution in [-0.2, 0) is 6.54 Å². The maximum absolute atomic E-state index is 8.89. The molecule has 1 heterocycles. The van der Waals surface area contributed by atoms with Gasteiger partial charge in [-0.05, 0) is 26.7 Å². The molecule has 0 aliphatic carbocycles. The van der Waals surface area contributed by atoms with Gasteiger partial charge >= 0.3 is 0 Å². The van der Waals surface area contributed by atoms with Crippen LogP contribution in [0.1, 0.15) is 45.2 Å². The summed E-state index contributed by atoms with van der Waals surface area (Å²) in [4.78, 5) is 0. The van der Waals surface area contributed by atoms with Crippen LogP contribution in [0.15, 0.2) is 12.4 Å². The second-order valence-electron chi connectivity index (χ2n) is 4.42. The van der Waals surface area contributed by atoms with Gasteiger partial charge in [0, 0.05) is 37.0 Å². The van der Waals surface area contributed by atoms with E-state index in [0.717, 1.165) is 19.4 Å². The van der Waals surface area contributed by atoms with Crippen molar-refractivity contribution in [1.82, 2.24) is 15.1 Å². The second kappa shape index (κ2) is 6.66. The van der Waals surface area contributed by atoms with Crippen molar-refractivity contribution in [2.24, 2.45) is 0 Å². The summed E-state index contributed by atoms with van der Waals surface area (Å²) < 4.78 is 1.96. The molecular formula is C12H23N3O. The Labute approximate surface area is 97.7 Å².